The van der Waals surface area contributed by atoms with Crippen LogP contribution < -0.4 is 0 Å². The lowest BCUT2D eigenvalue weighted by Gasteiger charge is -2.30. The molecule has 0 fully saturated rings. The van der Waals surface area contributed by atoms with Gasteiger partial charge in [-0.3, -0.25) is 5.10 Å². The summed E-state index contributed by atoms with van der Waals surface area (Å²) >= 11 is 0. The highest BCUT2D eigenvalue weighted by molar-refractivity contribution is 7.90. The van der Waals surface area contributed by atoms with E-state index in [2.05, 4.69) is 22.3 Å². The van der Waals surface area contributed by atoms with E-state index in [1.54, 1.807) is 24.3 Å². The molecule has 1 aliphatic carbocycles. The molecule has 25 heavy (non-hydrogen) atoms. The summed E-state index contributed by atoms with van der Waals surface area (Å²) in [6, 6.07) is 6.78. The topological polar surface area (TPSA) is 83.0 Å². The van der Waals surface area contributed by atoms with E-state index in [1.807, 2.05) is 18.3 Å². The molecule has 0 radical (unpaired) electrons. The van der Waals surface area contributed by atoms with Crippen LogP contribution in [0.5, 0.6) is 0 Å². The zero-order valence-electron chi connectivity index (χ0n) is 14.1. The van der Waals surface area contributed by atoms with Crippen molar-refractivity contribution in [3.63, 3.8) is 0 Å². The molecule has 0 bridgehead atoms. The number of aromatic nitrogens is 2. The van der Waals surface area contributed by atoms with Gasteiger partial charge in [-0.15, -0.1) is 0 Å². The van der Waals surface area contributed by atoms with Gasteiger partial charge in [-0.05, 0) is 42.4 Å². The maximum absolute atomic E-state index is 11.6. The van der Waals surface area contributed by atoms with Gasteiger partial charge in [0.15, 0.2) is 9.84 Å². The molecule has 1 aromatic heterocycles. The van der Waals surface area contributed by atoms with Gasteiger partial charge in [-0.2, -0.15) is 5.10 Å². The summed E-state index contributed by atoms with van der Waals surface area (Å²) in [5.41, 5.74) is 2.63. The molecule has 0 amide bonds. The zero-order chi connectivity index (χ0) is 17.9. The number of nitrogens with one attached hydrogen (secondary N) is 1. The van der Waals surface area contributed by atoms with Crippen LogP contribution in [0.2, 0.25) is 0 Å². The maximum Gasteiger partial charge on any atom is 0.175 e. The lowest BCUT2D eigenvalue weighted by molar-refractivity contribution is 0.218. The van der Waals surface area contributed by atoms with E-state index < -0.39 is 9.84 Å². The molecule has 0 saturated carbocycles. The molecular formula is C19H22N2O3S. The molecule has 2 N–H and O–H groups in total. The number of allylic oxidation sites excluding steroid dienone is 4. The molecular weight excluding hydrogens is 336 g/mol. The van der Waals surface area contributed by atoms with Gasteiger partial charge in [0.25, 0.3) is 0 Å². The van der Waals surface area contributed by atoms with Gasteiger partial charge < -0.3 is 5.11 Å². The number of aromatic amines is 1. The summed E-state index contributed by atoms with van der Waals surface area (Å²) in [5.74, 6) is 0. The van der Waals surface area contributed by atoms with Crippen molar-refractivity contribution in [1.29, 1.82) is 0 Å². The first-order valence-corrected chi connectivity index (χ1v) is 10.1. The average molecular weight is 358 g/mol. The Morgan fingerprint density at radius 1 is 1.24 bits per heavy atom. The molecule has 2 aromatic rings. The van der Waals surface area contributed by atoms with Crippen LogP contribution in [0.4, 0.5) is 0 Å². The lowest BCUT2D eigenvalue weighted by Crippen LogP contribution is -2.23. The van der Waals surface area contributed by atoms with Crippen LogP contribution >= 0.6 is 0 Å². The highest BCUT2D eigenvalue weighted by Crippen LogP contribution is 2.37. The molecule has 1 heterocycles. The number of H-pyrrole nitrogens is 1. The SMILES string of the molecule is CS(=O)(=O)c1ccc(-c2n[nH]cc2CC2(CCO)C=CC=CC2)cc1. The van der Waals surface area contributed by atoms with E-state index in [0.717, 1.165) is 29.7 Å². The Hall–Kier alpha value is -2.18. The smallest absolute Gasteiger partial charge is 0.175 e. The molecule has 1 atom stereocenters. The maximum atomic E-state index is 11.6. The Morgan fingerprint density at radius 2 is 2.00 bits per heavy atom. The van der Waals surface area contributed by atoms with Gasteiger partial charge >= 0.3 is 0 Å². The van der Waals surface area contributed by atoms with E-state index in [9.17, 15) is 13.5 Å². The van der Waals surface area contributed by atoms with E-state index in [0.29, 0.717) is 11.3 Å². The van der Waals surface area contributed by atoms with E-state index in [4.69, 9.17) is 0 Å². The van der Waals surface area contributed by atoms with Crippen LogP contribution in [-0.4, -0.2) is 36.6 Å². The van der Waals surface area contributed by atoms with Crippen molar-refractivity contribution in [3.8, 4) is 11.3 Å². The van der Waals surface area contributed by atoms with Crippen molar-refractivity contribution in [1.82, 2.24) is 10.2 Å². The third kappa shape index (κ3) is 3.91. The van der Waals surface area contributed by atoms with Gasteiger partial charge in [-0.1, -0.05) is 36.4 Å². The van der Waals surface area contributed by atoms with E-state index in [-0.39, 0.29) is 12.0 Å². The van der Waals surface area contributed by atoms with Gasteiger partial charge in [0, 0.05) is 24.6 Å². The summed E-state index contributed by atoms with van der Waals surface area (Å²) in [5, 5.41) is 16.7. The van der Waals surface area contributed by atoms with Crippen molar-refractivity contribution in [2.45, 2.75) is 24.2 Å². The zero-order valence-corrected chi connectivity index (χ0v) is 15.0. The minimum atomic E-state index is -3.21. The number of benzene rings is 1. The monoisotopic (exact) mass is 358 g/mol. The fourth-order valence-electron chi connectivity index (χ4n) is 3.28. The fraction of sp³-hybridized carbons (Fsp3) is 0.316. The van der Waals surface area contributed by atoms with Crippen LogP contribution in [-0.2, 0) is 16.3 Å². The van der Waals surface area contributed by atoms with E-state index in [1.165, 1.54) is 6.26 Å². The number of hydrogen-bond donors (Lipinski definition) is 2. The van der Waals surface area contributed by atoms with Crippen molar-refractivity contribution in [2.75, 3.05) is 12.9 Å². The largest absolute Gasteiger partial charge is 0.396 e. The number of nitrogens with zero attached hydrogens (tertiary/aromatic N) is 1. The first-order chi connectivity index (χ1) is 11.9. The van der Waals surface area contributed by atoms with Gasteiger partial charge in [0.2, 0.25) is 0 Å². The van der Waals surface area contributed by atoms with Crippen molar-refractivity contribution >= 4 is 9.84 Å². The predicted molar refractivity (Wildman–Crippen MR) is 97.9 cm³/mol. The standard InChI is InChI=1S/C19H22N2O3S/c1-25(23,24)17-7-5-15(6-8-17)18-16(14-20-21-18)13-19(11-12-22)9-3-2-4-10-19/h2-9,14,22H,10-13H2,1H3,(H,20,21). The van der Waals surface area contributed by atoms with Crippen LogP contribution in [0.1, 0.15) is 18.4 Å². The molecule has 1 aliphatic rings. The molecule has 0 saturated heterocycles. The number of sulfone groups is 1. The quantitative estimate of drug-likeness (QED) is 0.832. The molecule has 132 valence electrons. The molecule has 1 aromatic carbocycles. The Kier molecular flexibility index (Phi) is 4.92. The highest BCUT2D eigenvalue weighted by Gasteiger charge is 2.28. The van der Waals surface area contributed by atoms with E-state index >= 15 is 0 Å². The van der Waals surface area contributed by atoms with Crippen molar-refractivity contribution in [2.24, 2.45) is 5.41 Å². The van der Waals surface area contributed by atoms with Crippen molar-refractivity contribution < 1.29 is 13.5 Å². The van der Waals surface area contributed by atoms with Crippen LogP contribution in [0.15, 0.2) is 59.7 Å². The third-order valence-corrected chi connectivity index (χ3v) is 5.78. The minimum Gasteiger partial charge on any atom is -0.396 e. The number of aliphatic hydroxyl groups excluding tert-OH is 1. The van der Waals surface area contributed by atoms with Crippen LogP contribution in [0.25, 0.3) is 11.3 Å². The van der Waals surface area contributed by atoms with Gasteiger partial charge in [-0.25, -0.2) is 8.42 Å². The van der Waals surface area contributed by atoms with Gasteiger partial charge in [0.05, 0.1) is 10.6 Å². The fourth-order valence-corrected chi connectivity index (χ4v) is 3.91. The predicted octanol–water partition coefficient (Wildman–Crippen LogP) is 2.91. The second-order valence-corrected chi connectivity index (χ2v) is 8.58. The first-order valence-electron chi connectivity index (χ1n) is 8.22. The molecule has 0 spiro atoms. The first kappa shape index (κ1) is 17.6. The average Bonchev–Trinajstić information content (AvgIpc) is 3.03. The van der Waals surface area contributed by atoms with Crippen LogP contribution in [0.3, 0.4) is 0 Å². The molecule has 1 unspecified atom stereocenters. The number of hydrogen-bond acceptors (Lipinski definition) is 4. The molecule has 0 aliphatic heterocycles. The molecule has 5 nitrogen and oxygen atoms in total. The van der Waals surface area contributed by atoms with Crippen LogP contribution in [0, 0.1) is 5.41 Å². The second kappa shape index (κ2) is 6.98. The second-order valence-electron chi connectivity index (χ2n) is 6.56. The third-order valence-electron chi connectivity index (χ3n) is 4.65. The number of aliphatic hydroxyl groups is 1. The highest BCUT2D eigenvalue weighted by atomic mass is 32.2. The summed E-state index contributed by atoms with van der Waals surface area (Å²) in [6.45, 7) is 0.133. The minimum absolute atomic E-state index is 0.116. The molecule has 6 heteroatoms. The number of rotatable bonds is 6. The summed E-state index contributed by atoms with van der Waals surface area (Å²) in [4.78, 5) is 0.297. The Bertz CT molecular complexity index is 895. The lowest BCUT2D eigenvalue weighted by atomic mass is 9.74. The molecule has 3 rings (SSSR count). The Morgan fingerprint density at radius 3 is 2.60 bits per heavy atom. The van der Waals surface area contributed by atoms with Crippen molar-refractivity contribution in [3.05, 3.63) is 60.3 Å². The summed E-state index contributed by atoms with van der Waals surface area (Å²) < 4.78 is 23.2. The summed E-state index contributed by atoms with van der Waals surface area (Å²) in [7, 11) is -3.21. The normalized spacial score (nSPS) is 20.1. The Labute approximate surface area is 148 Å². The summed E-state index contributed by atoms with van der Waals surface area (Å²) in [6.07, 6.45) is 13.7. The van der Waals surface area contributed by atoms with Gasteiger partial charge in [0.1, 0.15) is 0 Å². The Balaban J connectivity index is 1.90.